The van der Waals surface area contributed by atoms with E-state index in [1.807, 2.05) is 54.7 Å². The largest absolute Gasteiger partial charge is 0.493 e. The van der Waals surface area contributed by atoms with Crippen molar-refractivity contribution >= 4 is 81.7 Å². The van der Waals surface area contributed by atoms with Crippen LogP contribution in [-0.4, -0.2) is 164 Å². The minimum atomic E-state index is -1.50. The van der Waals surface area contributed by atoms with Gasteiger partial charge in [-0.3, -0.25) is 38.4 Å². The first kappa shape index (κ1) is 71.2. The van der Waals surface area contributed by atoms with Gasteiger partial charge in [0.2, 0.25) is 41.3 Å². The highest BCUT2D eigenvalue weighted by Gasteiger charge is 2.58. The maximum atomic E-state index is 14.5. The number of ether oxygens (including phenoxy) is 6. The summed E-state index contributed by atoms with van der Waals surface area (Å²) in [7, 11) is 4.49. The first-order valence-electron chi connectivity index (χ1n) is 34.2. The maximum Gasteiger partial charge on any atom is 0.416 e. The molecule has 5 aliphatic heterocycles. The Labute approximate surface area is 594 Å². The van der Waals surface area contributed by atoms with Crippen LogP contribution in [0.1, 0.15) is 114 Å². The summed E-state index contributed by atoms with van der Waals surface area (Å²) in [4.78, 5) is 133. The smallest absolute Gasteiger partial charge is 0.416 e. The molecular weight excluding hydrogens is 1320 g/mol. The van der Waals surface area contributed by atoms with Crippen molar-refractivity contribution in [2.75, 3.05) is 81.2 Å². The SMILES string of the molecule is COc1ccc(C2=CN3C(=O)c4cc(OC)c(OCCCOc5cc6c(cc5OC)C(=O)N5CC7(CC7)C[C@H]5C(O)N6C(=O)OCc5ccc(NC(=O)[C@H](C)NC(=O)[C@@H](NC(=O)CNC(=O)CNC(=O)CCC(=O)N6Cc7ccccc7C#Cc7ccccc76)C(C)C)cc5)cc4NCC3C2)cn1. The highest BCUT2D eigenvalue weighted by atomic mass is 16.6. The van der Waals surface area contributed by atoms with Crippen LogP contribution in [0.3, 0.4) is 0 Å². The van der Waals surface area contributed by atoms with Crippen molar-refractivity contribution in [3.05, 3.63) is 161 Å². The molecule has 5 atom stereocenters. The zero-order valence-corrected chi connectivity index (χ0v) is 57.9. The van der Waals surface area contributed by atoms with Crippen LogP contribution in [0.2, 0.25) is 0 Å². The molecule has 1 saturated carbocycles. The van der Waals surface area contributed by atoms with E-state index < -0.39 is 79.0 Å². The molecule has 27 nitrogen and oxygen atoms in total. The molecule has 103 heavy (non-hydrogen) atoms. The molecule has 1 saturated heterocycles. The van der Waals surface area contributed by atoms with Gasteiger partial charge in [0, 0.05) is 79.8 Å². The predicted octanol–water partition coefficient (Wildman–Crippen LogP) is 6.65. The van der Waals surface area contributed by atoms with Gasteiger partial charge in [-0.2, -0.15) is 0 Å². The topological polar surface area (TPSA) is 327 Å². The summed E-state index contributed by atoms with van der Waals surface area (Å²) < 4.78 is 35.1. The van der Waals surface area contributed by atoms with E-state index >= 15 is 0 Å². The second-order valence-corrected chi connectivity index (χ2v) is 26.5. The Bertz CT molecular complexity index is 4390. The fourth-order valence-corrected chi connectivity index (χ4v) is 13.2. The number of para-hydroxylation sites is 1. The number of nitrogens with zero attached hydrogens (tertiary/aromatic N) is 5. The van der Waals surface area contributed by atoms with Crippen molar-refractivity contribution in [2.24, 2.45) is 11.3 Å². The van der Waals surface area contributed by atoms with Crippen LogP contribution in [0.4, 0.5) is 27.5 Å². The minimum Gasteiger partial charge on any atom is -0.493 e. The van der Waals surface area contributed by atoms with Crippen LogP contribution in [0.5, 0.6) is 28.9 Å². The average molecular weight is 1400 g/mol. The summed E-state index contributed by atoms with van der Waals surface area (Å²) in [6.45, 7) is 4.98. The Balaban J connectivity index is 0.606. The van der Waals surface area contributed by atoms with Gasteiger partial charge < -0.3 is 80.1 Å². The summed E-state index contributed by atoms with van der Waals surface area (Å²) in [5, 5.41) is 28.5. The lowest BCUT2D eigenvalue weighted by molar-refractivity contribution is -0.132. The Morgan fingerprint density at radius 2 is 1.41 bits per heavy atom. The van der Waals surface area contributed by atoms with Crippen LogP contribution >= 0.6 is 0 Å². The van der Waals surface area contributed by atoms with Crippen molar-refractivity contribution in [3.8, 4) is 40.7 Å². The van der Waals surface area contributed by atoms with E-state index in [0.717, 1.165) is 40.0 Å². The van der Waals surface area contributed by atoms with E-state index in [9.17, 15) is 48.3 Å². The normalized spacial score (nSPS) is 17.7. The van der Waals surface area contributed by atoms with Crippen LogP contribution < -0.4 is 65.4 Å². The predicted molar refractivity (Wildman–Crippen MR) is 378 cm³/mol. The number of aromatic nitrogens is 1. The molecule has 6 heterocycles. The third-order valence-corrected chi connectivity index (χ3v) is 19.1. The third-order valence-electron chi connectivity index (χ3n) is 19.1. The van der Waals surface area contributed by atoms with E-state index in [1.54, 1.807) is 90.4 Å². The molecule has 1 aliphatic carbocycles. The standard InChI is InChI=1S/C76H81N11O16/c1-44(2)69(83-66(90)39-79-65(89)38-78-64(88)23-25-68(91)85-40-50-14-8-7-12-47(50)18-19-48-13-9-10-15-57(48)85)71(93)81-45(3)70(92)82-52-21-16-46(17-22-52)42-103-75(97)87-58-34-63(61(99-5)32-55(58)73(95)86-43-76(26-27-76)35-59(86)74(87)96)102-29-11-28-101-62-33-56-54(31-60(62)98-4)72(94)84-41-51(30-53(84)37-77-56)49-20-24-67(100-6)80-36-49/h7-10,12-17,20-22,24,31-34,36,41,44-45,53,59,69,74,77,96H,11,23,25-30,35,37-40,42-43H2,1-6H3,(H,78,88)(H,79,89)(H,81,93)(H,82,92)(H,83,90)/t45-,53?,59-,69-,74?/m0/s1. The second kappa shape index (κ2) is 31.1. The van der Waals surface area contributed by atoms with Crippen LogP contribution in [0.15, 0.2) is 122 Å². The Morgan fingerprint density at radius 1 is 0.718 bits per heavy atom. The number of anilines is 4. The van der Waals surface area contributed by atoms with Gasteiger partial charge in [0.1, 0.15) is 18.7 Å². The number of aliphatic hydroxyl groups is 1. The fourth-order valence-electron chi connectivity index (χ4n) is 13.2. The van der Waals surface area contributed by atoms with Crippen LogP contribution in [0, 0.1) is 23.2 Å². The van der Waals surface area contributed by atoms with Gasteiger partial charge in [-0.15, -0.1) is 0 Å². The lowest BCUT2D eigenvalue weighted by atomic mass is 10.0. The van der Waals surface area contributed by atoms with Gasteiger partial charge >= 0.3 is 6.09 Å². The number of amides is 9. The van der Waals surface area contributed by atoms with Gasteiger partial charge in [-0.25, -0.2) is 14.7 Å². The number of hydrogen-bond donors (Lipinski definition) is 7. The molecule has 0 radical (unpaired) electrons. The summed E-state index contributed by atoms with van der Waals surface area (Å²) >= 11 is 0. The summed E-state index contributed by atoms with van der Waals surface area (Å²) in [5.41, 5.74) is 6.73. The monoisotopic (exact) mass is 1400 g/mol. The lowest BCUT2D eigenvalue weighted by Crippen LogP contribution is -2.55. The van der Waals surface area contributed by atoms with Gasteiger partial charge in [0.15, 0.2) is 29.2 Å². The molecule has 6 aromatic rings. The molecule has 6 aliphatic rings. The summed E-state index contributed by atoms with van der Waals surface area (Å²) in [6.07, 6.45) is 4.04. The van der Waals surface area contributed by atoms with E-state index in [1.165, 1.54) is 33.3 Å². The Hall–Kier alpha value is -11.7. The number of pyridine rings is 1. The molecule has 536 valence electrons. The first-order valence-corrected chi connectivity index (χ1v) is 34.2. The molecule has 1 spiro atoms. The molecule has 2 unspecified atom stereocenters. The molecule has 2 fully saturated rings. The van der Waals surface area contributed by atoms with Crippen molar-refractivity contribution in [2.45, 2.75) is 109 Å². The number of aliphatic hydroxyl groups excluding tert-OH is 1. The summed E-state index contributed by atoms with van der Waals surface area (Å²) in [5.74, 6) is 3.47. The Morgan fingerprint density at radius 3 is 2.12 bits per heavy atom. The van der Waals surface area contributed by atoms with Crippen molar-refractivity contribution in [1.82, 2.24) is 36.1 Å². The Kier molecular flexibility index (Phi) is 21.5. The third kappa shape index (κ3) is 16.1. The fraction of sp³-hybridized carbons (Fsp3) is 0.368. The number of methoxy groups -OCH3 is 3. The van der Waals surface area contributed by atoms with E-state index in [-0.39, 0.29) is 91.1 Å². The number of rotatable bonds is 25. The first-order chi connectivity index (χ1) is 49.7. The zero-order valence-electron chi connectivity index (χ0n) is 57.9. The number of hydrogen-bond acceptors (Lipinski definition) is 18. The van der Waals surface area contributed by atoms with Gasteiger partial charge in [-0.1, -0.05) is 68.2 Å². The molecule has 9 amide bonds. The zero-order chi connectivity index (χ0) is 72.6. The van der Waals surface area contributed by atoms with Crippen molar-refractivity contribution < 1.29 is 76.7 Å². The number of carbonyl (C=O) groups excluding carboxylic acids is 9. The lowest BCUT2D eigenvalue weighted by Gasteiger charge is -2.31. The van der Waals surface area contributed by atoms with Crippen LogP contribution in [-0.2, 0) is 46.7 Å². The number of nitrogens with one attached hydrogen (secondary N) is 6. The van der Waals surface area contributed by atoms with Gasteiger partial charge in [-0.05, 0) is 115 Å². The molecule has 1 aromatic heterocycles. The van der Waals surface area contributed by atoms with Gasteiger partial charge in [0.05, 0.1) is 94.5 Å². The summed E-state index contributed by atoms with van der Waals surface area (Å²) in [6, 6.07) is 28.2. The second-order valence-electron chi connectivity index (χ2n) is 26.5. The minimum absolute atomic E-state index is 0.0543. The molecule has 7 N–H and O–H groups in total. The van der Waals surface area contributed by atoms with Crippen LogP contribution in [0.25, 0.3) is 5.57 Å². The van der Waals surface area contributed by atoms with Gasteiger partial charge in [0.25, 0.3) is 11.8 Å². The molecular formula is C76H81N11O16. The van der Waals surface area contributed by atoms with E-state index in [0.29, 0.717) is 83.5 Å². The number of benzene rings is 5. The van der Waals surface area contributed by atoms with Crippen molar-refractivity contribution in [3.63, 3.8) is 0 Å². The number of carbonyl (C=O) groups is 9. The quantitative estimate of drug-likeness (QED) is 0.0233. The number of fused-ring (bicyclic) bond motifs is 6. The highest BCUT2D eigenvalue weighted by molar-refractivity contribution is 6.07. The molecule has 27 heteroatoms. The van der Waals surface area contributed by atoms with E-state index in [4.69, 9.17) is 28.4 Å². The average Bonchev–Trinajstić information content (AvgIpc) is 1.57. The highest BCUT2D eigenvalue weighted by Crippen LogP contribution is 2.57. The molecule has 0 bridgehead atoms. The molecule has 12 rings (SSSR count). The van der Waals surface area contributed by atoms with Crippen molar-refractivity contribution in [1.29, 1.82) is 0 Å². The van der Waals surface area contributed by atoms with E-state index in [2.05, 4.69) is 48.7 Å². The molecule has 5 aromatic carbocycles. The maximum absolute atomic E-state index is 14.5.